The van der Waals surface area contributed by atoms with Gasteiger partial charge in [-0.25, -0.2) is 0 Å². The molecule has 1 N–H and O–H groups in total. The first-order chi connectivity index (χ1) is 29.1. The summed E-state index contributed by atoms with van der Waals surface area (Å²) in [5, 5.41) is 12.4. The zero-order chi connectivity index (χ0) is 39.9. The van der Waals surface area contributed by atoms with E-state index in [-0.39, 0.29) is 5.41 Å². The highest BCUT2D eigenvalue weighted by atomic mass is 14.5. The average Bonchev–Trinajstić information content (AvgIpc) is 3.60. The molecule has 286 valence electrons. The van der Waals surface area contributed by atoms with E-state index in [2.05, 4.69) is 196 Å². The van der Waals surface area contributed by atoms with Crippen LogP contribution in [0.4, 0.5) is 0 Å². The van der Waals surface area contributed by atoms with E-state index < -0.39 is 0 Å². The van der Waals surface area contributed by atoms with Gasteiger partial charge in [0.05, 0.1) is 11.1 Å². The van der Waals surface area contributed by atoms with Crippen LogP contribution in [0.1, 0.15) is 84.0 Å². The molecule has 6 aromatic rings. The van der Waals surface area contributed by atoms with Crippen LogP contribution in [0.25, 0.3) is 50.2 Å². The van der Waals surface area contributed by atoms with Crippen LogP contribution < -0.4 is 0 Å². The predicted molar refractivity (Wildman–Crippen MR) is 252 cm³/mol. The largest absolute Gasteiger partial charge is 0.300 e. The van der Waals surface area contributed by atoms with Crippen LogP contribution in [0.5, 0.6) is 0 Å². The minimum Gasteiger partial charge on any atom is -0.300 e. The fraction of sp³-hybridized carbons (Fsp3) is 0.155. The van der Waals surface area contributed by atoms with Gasteiger partial charge in [0.1, 0.15) is 0 Å². The number of benzene rings is 6. The molecule has 1 atom stereocenters. The molecule has 0 saturated heterocycles. The summed E-state index contributed by atoms with van der Waals surface area (Å²) >= 11 is 0. The molecule has 1 heteroatoms. The quantitative estimate of drug-likeness (QED) is 0.118. The lowest BCUT2D eigenvalue weighted by molar-refractivity contribution is 0.690. The number of fused-ring (bicyclic) bond motifs is 9. The van der Waals surface area contributed by atoms with Crippen LogP contribution in [0, 0.1) is 5.41 Å². The predicted octanol–water partition coefficient (Wildman–Crippen LogP) is 15.0. The van der Waals surface area contributed by atoms with Crippen molar-refractivity contribution in [1.82, 2.24) is 0 Å². The van der Waals surface area contributed by atoms with Crippen molar-refractivity contribution in [2.24, 2.45) is 0 Å². The molecule has 0 aromatic heterocycles. The van der Waals surface area contributed by atoms with E-state index >= 15 is 0 Å². The second-order valence-corrected chi connectivity index (χ2v) is 16.3. The second-order valence-electron chi connectivity index (χ2n) is 16.3. The highest BCUT2D eigenvalue weighted by Crippen LogP contribution is 2.58. The van der Waals surface area contributed by atoms with Gasteiger partial charge < -0.3 is 5.41 Å². The summed E-state index contributed by atoms with van der Waals surface area (Å²) in [6.45, 7) is 4.32. The molecule has 0 radical (unpaired) electrons. The first-order valence-corrected chi connectivity index (χ1v) is 21.4. The molecular formula is C58H49N. The third-order valence-electron chi connectivity index (χ3n) is 13.1. The van der Waals surface area contributed by atoms with Crippen molar-refractivity contribution in [3.63, 3.8) is 0 Å². The highest BCUT2D eigenvalue weighted by molar-refractivity contribution is 6.33. The fourth-order valence-corrected chi connectivity index (χ4v) is 10.6. The summed E-state index contributed by atoms with van der Waals surface area (Å²) in [6, 6.07) is 44.5. The van der Waals surface area contributed by atoms with E-state index in [4.69, 9.17) is 0 Å². The molecule has 0 aliphatic heterocycles. The van der Waals surface area contributed by atoms with Crippen molar-refractivity contribution < 1.29 is 0 Å². The van der Waals surface area contributed by atoms with Crippen molar-refractivity contribution in [2.45, 2.75) is 57.8 Å². The maximum atomic E-state index is 9.85. The Morgan fingerprint density at radius 2 is 1.34 bits per heavy atom. The minimum absolute atomic E-state index is 0.337. The molecule has 0 amide bonds. The number of hydrogen-bond donors (Lipinski definition) is 1. The molecule has 10 rings (SSSR count). The van der Waals surface area contributed by atoms with Gasteiger partial charge in [0, 0.05) is 5.57 Å². The molecule has 0 saturated carbocycles. The lowest BCUT2D eigenvalue weighted by Crippen LogP contribution is -2.30. The van der Waals surface area contributed by atoms with E-state index in [0.717, 1.165) is 60.8 Å². The topological polar surface area (TPSA) is 23.9 Å². The van der Waals surface area contributed by atoms with Crippen molar-refractivity contribution in [1.29, 1.82) is 5.41 Å². The van der Waals surface area contributed by atoms with E-state index in [0.29, 0.717) is 5.71 Å². The lowest BCUT2D eigenvalue weighted by atomic mass is 9.64. The Labute approximate surface area is 349 Å². The summed E-state index contributed by atoms with van der Waals surface area (Å²) in [6.07, 6.45) is 29.0. The summed E-state index contributed by atoms with van der Waals surface area (Å²) in [5.41, 5.74) is 20.7. The minimum atomic E-state index is -0.337. The summed E-state index contributed by atoms with van der Waals surface area (Å²) in [5.74, 6) is 0. The molecule has 0 heterocycles. The molecule has 6 aromatic carbocycles. The third kappa shape index (κ3) is 6.02. The Kier molecular flexibility index (Phi) is 9.54. The molecule has 1 unspecified atom stereocenters. The maximum absolute atomic E-state index is 9.85. The Hall–Kier alpha value is -6.57. The summed E-state index contributed by atoms with van der Waals surface area (Å²) < 4.78 is 0. The van der Waals surface area contributed by atoms with Crippen LogP contribution >= 0.6 is 0 Å². The molecule has 0 bridgehead atoms. The number of rotatable bonds is 8. The normalized spacial score (nSPS) is 17.8. The lowest BCUT2D eigenvalue weighted by Gasteiger charge is -2.37. The first-order valence-electron chi connectivity index (χ1n) is 21.4. The second kappa shape index (κ2) is 15.3. The van der Waals surface area contributed by atoms with Gasteiger partial charge in [0.2, 0.25) is 0 Å². The Morgan fingerprint density at radius 1 is 0.644 bits per heavy atom. The van der Waals surface area contributed by atoms with E-state index in [9.17, 15) is 5.41 Å². The van der Waals surface area contributed by atoms with Crippen LogP contribution in [0.15, 0.2) is 187 Å². The van der Waals surface area contributed by atoms with E-state index in [1.165, 1.54) is 77.6 Å². The van der Waals surface area contributed by atoms with E-state index in [1.54, 1.807) is 0 Å². The zero-order valence-corrected chi connectivity index (χ0v) is 34.1. The van der Waals surface area contributed by atoms with E-state index in [1.807, 2.05) is 0 Å². The summed E-state index contributed by atoms with van der Waals surface area (Å²) in [4.78, 5) is 0. The molecule has 4 aliphatic carbocycles. The maximum Gasteiger partial charge on any atom is 0.0673 e. The molecule has 4 aliphatic rings. The van der Waals surface area contributed by atoms with Gasteiger partial charge in [0.15, 0.2) is 0 Å². The third-order valence-corrected chi connectivity index (χ3v) is 13.1. The van der Waals surface area contributed by atoms with Crippen molar-refractivity contribution in [3.8, 4) is 22.3 Å². The Bertz CT molecular complexity index is 2850. The molecule has 59 heavy (non-hydrogen) atoms. The highest BCUT2D eigenvalue weighted by Gasteiger charge is 2.47. The average molecular weight is 760 g/mol. The van der Waals surface area contributed by atoms with Gasteiger partial charge in [-0.3, -0.25) is 0 Å². The smallest absolute Gasteiger partial charge is 0.0673 e. The monoisotopic (exact) mass is 759 g/mol. The van der Waals surface area contributed by atoms with Gasteiger partial charge in [-0.2, -0.15) is 0 Å². The van der Waals surface area contributed by atoms with Crippen LogP contribution in [0.3, 0.4) is 0 Å². The fourth-order valence-electron chi connectivity index (χ4n) is 10.6. The SMILES string of the molecule is C/C=C\C(=C/C)C1(C2=CC=CCC2)c2ccccc2-c2cc(-c3ccc4c5c(c6c(c4c3)C(C(=N)C=C(c3ccccc3)c3ccccc3)=CCC6)CCC=C5)ccc21. The molecular weight excluding hydrogens is 711 g/mol. The Morgan fingerprint density at radius 3 is 2.08 bits per heavy atom. The Balaban J connectivity index is 1.16. The molecule has 0 spiro atoms. The van der Waals surface area contributed by atoms with Crippen molar-refractivity contribution in [2.75, 3.05) is 0 Å². The van der Waals surface area contributed by atoms with Gasteiger partial charge in [0.25, 0.3) is 0 Å². The van der Waals surface area contributed by atoms with Gasteiger partial charge in [-0.05, 0) is 159 Å². The first kappa shape index (κ1) is 36.7. The number of hydrogen-bond acceptors (Lipinski definition) is 1. The van der Waals surface area contributed by atoms with Crippen LogP contribution in [-0.4, -0.2) is 5.71 Å². The molecule has 1 nitrogen and oxygen atoms in total. The number of nitrogens with one attached hydrogen (secondary N) is 1. The van der Waals surface area contributed by atoms with Gasteiger partial charge in [-0.15, -0.1) is 0 Å². The van der Waals surface area contributed by atoms with Crippen molar-refractivity contribution in [3.05, 3.63) is 232 Å². The van der Waals surface area contributed by atoms with Gasteiger partial charge >= 0.3 is 0 Å². The summed E-state index contributed by atoms with van der Waals surface area (Å²) in [7, 11) is 0. The molecule has 0 fully saturated rings. The standard InChI is InChI=1S/C58H49N/c1-3-19-43(4-2)58(44-24-12-7-13-25-44)54-31-17-16-28-48(54)52-36-42(33-35-55(52)58)41-32-34-47-45-26-14-15-27-46(45)49-29-18-30-50(57(49)53(47)37-41)56(59)38-51(39-20-8-5-9-21-39)40-22-10-6-11-23-40/h3-12,14,16-17,19-24,26,28,30-38,59H,13,15,18,25,27,29H2,1-2H3/b19-3-,43-4+,59-56?. The van der Waals surface area contributed by atoms with Crippen LogP contribution in [0.2, 0.25) is 0 Å². The van der Waals surface area contributed by atoms with Crippen molar-refractivity contribution >= 4 is 33.7 Å². The van der Waals surface area contributed by atoms with Gasteiger partial charge in [-0.1, -0.05) is 169 Å². The van der Waals surface area contributed by atoms with Crippen LogP contribution in [-0.2, 0) is 18.3 Å². The number of allylic oxidation sites excluding steroid dienone is 12. The zero-order valence-electron chi connectivity index (χ0n) is 34.1.